The number of aromatic nitrogens is 1. The second-order valence-corrected chi connectivity index (χ2v) is 8.32. The van der Waals surface area contributed by atoms with Crippen LogP contribution in [0.1, 0.15) is 9.67 Å². The molecule has 28 heavy (non-hydrogen) atoms. The van der Waals surface area contributed by atoms with E-state index in [1.807, 2.05) is 6.07 Å². The van der Waals surface area contributed by atoms with Crippen molar-refractivity contribution in [2.75, 3.05) is 0 Å². The number of non-ortho nitro benzene ring substituents is 1. The minimum Gasteiger partial charge on any atom is -0.305 e. The molecule has 0 fully saturated rings. The largest absolute Gasteiger partial charge is 0.305 e. The summed E-state index contributed by atoms with van der Waals surface area (Å²) in [6.45, 7) is 0.270. The SMILES string of the molecule is C#CCn1c(=NC(=O)c2cc3cc([N+](=O)[O-])ccc3s2)sc2cc(Cl)ccc21. The summed E-state index contributed by atoms with van der Waals surface area (Å²) in [6.07, 6.45) is 5.47. The number of nitrogens with zero attached hydrogens (tertiary/aromatic N) is 3. The fourth-order valence-electron chi connectivity index (χ4n) is 2.77. The predicted molar refractivity (Wildman–Crippen MR) is 112 cm³/mol. The number of thiophene rings is 1. The number of rotatable bonds is 3. The number of carbonyl (C=O) groups is 1. The lowest BCUT2D eigenvalue weighted by atomic mass is 10.2. The molecule has 0 radical (unpaired) electrons. The van der Waals surface area contributed by atoms with Crippen molar-refractivity contribution < 1.29 is 9.72 Å². The molecular weight excluding hydrogens is 418 g/mol. The summed E-state index contributed by atoms with van der Waals surface area (Å²) in [5.41, 5.74) is 0.834. The second-order valence-electron chi connectivity index (χ2n) is 5.79. The molecule has 4 rings (SSSR count). The van der Waals surface area contributed by atoms with Gasteiger partial charge in [-0.3, -0.25) is 14.9 Å². The Morgan fingerprint density at radius 1 is 1.21 bits per heavy atom. The number of hydrogen-bond donors (Lipinski definition) is 0. The van der Waals surface area contributed by atoms with Gasteiger partial charge in [-0.15, -0.1) is 17.8 Å². The summed E-state index contributed by atoms with van der Waals surface area (Å²) in [6, 6.07) is 11.5. The van der Waals surface area contributed by atoms with Crippen LogP contribution < -0.4 is 4.80 Å². The second kappa shape index (κ2) is 7.20. The van der Waals surface area contributed by atoms with Gasteiger partial charge in [0, 0.05) is 27.2 Å². The lowest BCUT2D eigenvalue weighted by Crippen LogP contribution is -2.16. The normalized spacial score (nSPS) is 11.8. The van der Waals surface area contributed by atoms with E-state index in [4.69, 9.17) is 18.0 Å². The van der Waals surface area contributed by atoms with E-state index in [1.54, 1.807) is 28.8 Å². The lowest BCUT2D eigenvalue weighted by molar-refractivity contribution is -0.384. The Hall–Kier alpha value is -2.99. The number of fused-ring (bicyclic) bond motifs is 2. The summed E-state index contributed by atoms with van der Waals surface area (Å²) >= 11 is 8.62. The van der Waals surface area contributed by atoms with E-state index in [9.17, 15) is 14.9 Å². The summed E-state index contributed by atoms with van der Waals surface area (Å²) in [5, 5.41) is 12.2. The van der Waals surface area contributed by atoms with E-state index in [0.717, 1.165) is 14.9 Å². The van der Waals surface area contributed by atoms with Crippen LogP contribution in [0.2, 0.25) is 5.02 Å². The highest BCUT2D eigenvalue weighted by Crippen LogP contribution is 2.29. The van der Waals surface area contributed by atoms with Crippen molar-refractivity contribution >= 4 is 66.2 Å². The van der Waals surface area contributed by atoms with Gasteiger partial charge in [0.25, 0.3) is 11.6 Å². The monoisotopic (exact) mass is 427 g/mol. The molecule has 0 unspecified atom stereocenters. The van der Waals surface area contributed by atoms with Gasteiger partial charge in [0.05, 0.1) is 26.6 Å². The number of terminal acetylenes is 1. The van der Waals surface area contributed by atoms with Crippen molar-refractivity contribution in [2.24, 2.45) is 4.99 Å². The lowest BCUT2D eigenvalue weighted by Gasteiger charge is -1.99. The van der Waals surface area contributed by atoms with Crippen LogP contribution in [0, 0.1) is 22.5 Å². The Balaban J connectivity index is 1.81. The highest BCUT2D eigenvalue weighted by atomic mass is 35.5. The molecule has 2 aromatic heterocycles. The van der Waals surface area contributed by atoms with Gasteiger partial charge in [0.1, 0.15) is 0 Å². The van der Waals surface area contributed by atoms with Crippen molar-refractivity contribution in [3.63, 3.8) is 0 Å². The van der Waals surface area contributed by atoms with Crippen LogP contribution in [0.15, 0.2) is 47.5 Å². The van der Waals surface area contributed by atoms with Crippen LogP contribution in [0.3, 0.4) is 0 Å². The molecule has 9 heteroatoms. The van der Waals surface area contributed by atoms with E-state index in [0.29, 0.717) is 20.1 Å². The number of thiazole rings is 1. The molecule has 2 aromatic carbocycles. The minimum absolute atomic E-state index is 0.0190. The van der Waals surface area contributed by atoms with Gasteiger partial charge in [0.15, 0.2) is 4.80 Å². The van der Waals surface area contributed by atoms with E-state index in [1.165, 1.54) is 34.8 Å². The van der Waals surface area contributed by atoms with Gasteiger partial charge in [0.2, 0.25) is 0 Å². The van der Waals surface area contributed by atoms with Gasteiger partial charge >= 0.3 is 0 Å². The quantitative estimate of drug-likeness (QED) is 0.266. The smallest absolute Gasteiger partial charge is 0.289 e. The van der Waals surface area contributed by atoms with E-state index in [-0.39, 0.29) is 12.2 Å². The van der Waals surface area contributed by atoms with Gasteiger partial charge < -0.3 is 4.57 Å². The Kier molecular flexibility index (Phi) is 4.73. The van der Waals surface area contributed by atoms with Crippen molar-refractivity contribution in [3.8, 4) is 12.3 Å². The van der Waals surface area contributed by atoms with Gasteiger partial charge in [-0.05, 0) is 30.3 Å². The average molecular weight is 428 g/mol. The van der Waals surface area contributed by atoms with Crippen molar-refractivity contribution in [3.05, 3.63) is 67.3 Å². The maximum Gasteiger partial charge on any atom is 0.289 e. The number of halogens is 1. The van der Waals surface area contributed by atoms with Crippen molar-refractivity contribution in [1.82, 2.24) is 4.57 Å². The van der Waals surface area contributed by atoms with Crippen LogP contribution in [-0.2, 0) is 6.54 Å². The summed E-state index contributed by atoms with van der Waals surface area (Å²) in [4.78, 5) is 28.3. The molecule has 138 valence electrons. The maximum atomic E-state index is 12.7. The Labute approximate surface area is 171 Å². The molecule has 0 aliphatic carbocycles. The minimum atomic E-state index is -0.464. The Morgan fingerprint density at radius 3 is 2.79 bits per heavy atom. The highest BCUT2D eigenvalue weighted by Gasteiger charge is 2.14. The highest BCUT2D eigenvalue weighted by molar-refractivity contribution is 7.21. The average Bonchev–Trinajstić information content (AvgIpc) is 3.22. The molecule has 0 atom stereocenters. The molecule has 4 aromatic rings. The molecule has 0 N–H and O–H groups in total. The molecule has 0 spiro atoms. The van der Waals surface area contributed by atoms with E-state index in [2.05, 4.69) is 10.9 Å². The first-order chi connectivity index (χ1) is 13.5. The first-order valence-electron chi connectivity index (χ1n) is 7.95. The number of nitro groups is 1. The molecule has 0 saturated carbocycles. The summed E-state index contributed by atoms with van der Waals surface area (Å²) in [7, 11) is 0. The Morgan fingerprint density at radius 2 is 2.04 bits per heavy atom. The number of nitro benzene ring substituents is 1. The fourth-order valence-corrected chi connectivity index (χ4v) is 5.00. The van der Waals surface area contributed by atoms with Gasteiger partial charge in [-0.2, -0.15) is 4.99 Å². The molecule has 1 amide bonds. The van der Waals surface area contributed by atoms with Gasteiger partial charge in [-0.1, -0.05) is 28.9 Å². The van der Waals surface area contributed by atoms with Crippen LogP contribution in [-0.4, -0.2) is 15.4 Å². The van der Waals surface area contributed by atoms with Crippen LogP contribution in [0.25, 0.3) is 20.3 Å². The summed E-state index contributed by atoms with van der Waals surface area (Å²) in [5.74, 6) is 2.15. The third-order valence-corrected chi connectivity index (χ3v) is 6.39. The molecule has 0 saturated heterocycles. The molecule has 6 nitrogen and oxygen atoms in total. The first kappa shape index (κ1) is 18.4. The standard InChI is InChI=1S/C19H10ClN3O3S2/c1-2-7-22-14-5-3-12(20)10-16(14)28-19(22)21-18(24)17-9-11-8-13(23(25)26)4-6-15(11)27-17/h1,3-6,8-10H,7H2. The predicted octanol–water partition coefficient (Wildman–Crippen LogP) is 4.85. The van der Waals surface area contributed by atoms with E-state index < -0.39 is 10.8 Å². The van der Waals surface area contributed by atoms with Gasteiger partial charge in [-0.25, -0.2) is 0 Å². The zero-order chi connectivity index (χ0) is 19.8. The third-order valence-electron chi connectivity index (χ3n) is 4.01. The maximum absolute atomic E-state index is 12.7. The molecule has 0 aliphatic rings. The van der Waals surface area contributed by atoms with Crippen LogP contribution >= 0.6 is 34.3 Å². The van der Waals surface area contributed by atoms with Crippen molar-refractivity contribution in [1.29, 1.82) is 0 Å². The molecule has 0 aliphatic heterocycles. The Bertz CT molecular complexity index is 1370. The molecular formula is C19H10ClN3O3S2. The number of amides is 1. The first-order valence-corrected chi connectivity index (χ1v) is 9.97. The fraction of sp³-hybridized carbons (Fsp3) is 0.0526. The van der Waals surface area contributed by atoms with Crippen LogP contribution in [0.4, 0.5) is 5.69 Å². The van der Waals surface area contributed by atoms with Crippen molar-refractivity contribution in [2.45, 2.75) is 6.54 Å². The number of carbonyl (C=O) groups excluding carboxylic acids is 1. The zero-order valence-electron chi connectivity index (χ0n) is 14.1. The third kappa shape index (κ3) is 3.31. The molecule has 0 bridgehead atoms. The van der Waals surface area contributed by atoms with E-state index >= 15 is 0 Å². The molecule has 2 heterocycles. The number of benzene rings is 2. The number of hydrogen-bond acceptors (Lipinski definition) is 5. The van der Waals surface area contributed by atoms with Crippen LogP contribution in [0.5, 0.6) is 0 Å². The topological polar surface area (TPSA) is 77.5 Å². The zero-order valence-corrected chi connectivity index (χ0v) is 16.5. The summed E-state index contributed by atoms with van der Waals surface area (Å²) < 4.78 is 3.44.